The highest BCUT2D eigenvalue weighted by atomic mass is 32.1. The lowest BCUT2D eigenvalue weighted by molar-refractivity contribution is -0.139. The number of rotatable bonds is 5. The SMILES string of the molecule is CCOC(=O)C1=C(C)N=c2s/c(=C\c3cccc(OC)c3O)c(=O)n2[C@H]1c1cccs1. The lowest BCUT2D eigenvalue weighted by Gasteiger charge is -2.23. The lowest BCUT2D eigenvalue weighted by atomic mass is 10.0. The number of aromatic nitrogens is 1. The Morgan fingerprint density at radius 3 is 2.81 bits per heavy atom. The number of esters is 1. The second-order valence-corrected chi connectivity index (χ2v) is 8.70. The number of benzene rings is 1. The molecule has 2 aromatic heterocycles. The summed E-state index contributed by atoms with van der Waals surface area (Å²) in [6.07, 6.45) is 1.61. The summed E-state index contributed by atoms with van der Waals surface area (Å²) >= 11 is 2.66. The Morgan fingerprint density at radius 2 is 2.13 bits per heavy atom. The first-order chi connectivity index (χ1) is 15.0. The van der Waals surface area contributed by atoms with Gasteiger partial charge in [-0.2, -0.15) is 0 Å². The summed E-state index contributed by atoms with van der Waals surface area (Å²) in [7, 11) is 1.47. The molecule has 0 saturated heterocycles. The number of nitrogens with zero attached hydrogens (tertiary/aromatic N) is 2. The standard InChI is InChI=1S/C22H20N2O5S2/c1-4-29-21(27)17-12(2)23-22-24(18(17)15-9-6-10-30-15)20(26)16(31-22)11-13-7-5-8-14(28-3)19(13)25/h5-11,18,25H,4H2,1-3H3/b16-11-/t18-/m0/s1. The number of phenolic OH excluding ortho intramolecular Hbond substituents is 1. The van der Waals surface area contributed by atoms with Crippen LogP contribution in [0.1, 0.15) is 30.3 Å². The van der Waals surface area contributed by atoms with Gasteiger partial charge in [-0.05, 0) is 37.4 Å². The molecule has 0 aliphatic carbocycles. The molecule has 7 nitrogen and oxygen atoms in total. The number of hydrogen-bond donors (Lipinski definition) is 1. The molecule has 31 heavy (non-hydrogen) atoms. The third-order valence-electron chi connectivity index (χ3n) is 4.87. The summed E-state index contributed by atoms with van der Waals surface area (Å²) in [5, 5.41) is 12.3. The molecule has 0 unspecified atom stereocenters. The van der Waals surface area contributed by atoms with E-state index in [1.54, 1.807) is 38.1 Å². The van der Waals surface area contributed by atoms with Crippen molar-refractivity contribution in [2.75, 3.05) is 13.7 Å². The van der Waals surface area contributed by atoms with E-state index in [-0.39, 0.29) is 17.9 Å². The van der Waals surface area contributed by atoms with E-state index in [2.05, 4.69) is 4.99 Å². The predicted molar refractivity (Wildman–Crippen MR) is 119 cm³/mol. The molecule has 3 heterocycles. The van der Waals surface area contributed by atoms with Crippen LogP contribution in [0.25, 0.3) is 6.08 Å². The maximum absolute atomic E-state index is 13.4. The molecule has 4 rings (SSSR count). The van der Waals surface area contributed by atoms with Crippen LogP contribution in [-0.2, 0) is 9.53 Å². The van der Waals surface area contributed by atoms with Crippen LogP contribution in [0.2, 0.25) is 0 Å². The number of para-hydroxylation sites is 1. The normalized spacial score (nSPS) is 16.1. The number of phenols is 1. The maximum atomic E-state index is 13.4. The molecule has 160 valence electrons. The van der Waals surface area contributed by atoms with Gasteiger partial charge >= 0.3 is 5.97 Å². The molecule has 0 saturated carbocycles. The molecule has 1 aliphatic heterocycles. The van der Waals surface area contributed by atoms with Crippen LogP contribution in [0.5, 0.6) is 11.5 Å². The van der Waals surface area contributed by atoms with Crippen LogP contribution in [0.4, 0.5) is 0 Å². The van der Waals surface area contributed by atoms with Gasteiger partial charge in [0, 0.05) is 10.4 Å². The molecule has 3 aromatic rings. The zero-order valence-corrected chi connectivity index (χ0v) is 18.8. The molecule has 1 aliphatic rings. The van der Waals surface area contributed by atoms with Crippen molar-refractivity contribution in [3.8, 4) is 11.5 Å². The maximum Gasteiger partial charge on any atom is 0.338 e. The molecule has 0 radical (unpaired) electrons. The highest BCUT2D eigenvalue weighted by Gasteiger charge is 2.33. The highest BCUT2D eigenvalue weighted by Crippen LogP contribution is 2.33. The van der Waals surface area contributed by atoms with E-state index in [1.807, 2.05) is 17.5 Å². The van der Waals surface area contributed by atoms with Crippen LogP contribution >= 0.6 is 22.7 Å². The number of carbonyl (C=O) groups is 1. The zero-order valence-electron chi connectivity index (χ0n) is 17.1. The fraction of sp³-hybridized carbons (Fsp3) is 0.227. The summed E-state index contributed by atoms with van der Waals surface area (Å²) in [6, 6.07) is 8.22. The van der Waals surface area contributed by atoms with E-state index in [0.29, 0.717) is 31.9 Å². The van der Waals surface area contributed by atoms with Gasteiger partial charge in [-0.3, -0.25) is 9.36 Å². The Morgan fingerprint density at radius 1 is 1.32 bits per heavy atom. The molecule has 9 heteroatoms. The zero-order chi connectivity index (χ0) is 22.1. The van der Waals surface area contributed by atoms with Gasteiger partial charge in [0.05, 0.1) is 29.5 Å². The number of fused-ring (bicyclic) bond motifs is 1. The van der Waals surface area contributed by atoms with Crippen LogP contribution in [0, 0.1) is 0 Å². The van der Waals surface area contributed by atoms with Gasteiger partial charge < -0.3 is 14.6 Å². The minimum absolute atomic E-state index is 0.0472. The lowest BCUT2D eigenvalue weighted by Crippen LogP contribution is -2.39. The average Bonchev–Trinajstić information content (AvgIpc) is 3.37. The summed E-state index contributed by atoms with van der Waals surface area (Å²) in [5.74, 6) is -0.214. The smallest absolute Gasteiger partial charge is 0.338 e. The molecular formula is C22H20N2O5S2. The van der Waals surface area contributed by atoms with Crippen molar-refractivity contribution in [1.29, 1.82) is 0 Å². The third-order valence-corrected chi connectivity index (χ3v) is 6.77. The van der Waals surface area contributed by atoms with Crippen molar-refractivity contribution in [1.82, 2.24) is 4.57 Å². The van der Waals surface area contributed by atoms with Crippen LogP contribution in [-0.4, -0.2) is 29.4 Å². The van der Waals surface area contributed by atoms with E-state index >= 15 is 0 Å². The van der Waals surface area contributed by atoms with Crippen LogP contribution < -0.4 is 19.6 Å². The van der Waals surface area contributed by atoms with Crippen LogP contribution in [0.3, 0.4) is 0 Å². The van der Waals surface area contributed by atoms with Crippen LogP contribution in [0.15, 0.2) is 56.8 Å². The Hall–Kier alpha value is -3.17. The van der Waals surface area contributed by atoms with Gasteiger partial charge in [-0.25, -0.2) is 9.79 Å². The van der Waals surface area contributed by atoms with Crippen molar-refractivity contribution in [2.24, 2.45) is 4.99 Å². The van der Waals surface area contributed by atoms with Gasteiger partial charge in [0.15, 0.2) is 16.3 Å². The Balaban J connectivity index is 1.95. The van der Waals surface area contributed by atoms with E-state index < -0.39 is 12.0 Å². The summed E-state index contributed by atoms with van der Waals surface area (Å²) in [4.78, 5) is 32.0. The number of thiophene rings is 1. The van der Waals surface area contributed by atoms with Gasteiger partial charge in [-0.15, -0.1) is 11.3 Å². The minimum Gasteiger partial charge on any atom is -0.504 e. The quantitative estimate of drug-likeness (QED) is 0.596. The van der Waals surface area contributed by atoms with E-state index in [0.717, 1.165) is 4.88 Å². The molecular weight excluding hydrogens is 436 g/mol. The second kappa shape index (κ2) is 8.52. The second-order valence-electron chi connectivity index (χ2n) is 6.72. The number of carbonyl (C=O) groups excluding carboxylic acids is 1. The fourth-order valence-corrected chi connectivity index (χ4v) is 5.33. The molecule has 0 spiro atoms. The molecule has 1 N–H and O–H groups in total. The largest absolute Gasteiger partial charge is 0.504 e. The fourth-order valence-electron chi connectivity index (χ4n) is 3.47. The van der Waals surface area contributed by atoms with E-state index in [1.165, 1.54) is 34.4 Å². The van der Waals surface area contributed by atoms with Crippen molar-refractivity contribution in [3.63, 3.8) is 0 Å². The number of ether oxygens (including phenoxy) is 2. The predicted octanol–water partition coefficient (Wildman–Crippen LogP) is 2.57. The monoisotopic (exact) mass is 456 g/mol. The van der Waals surface area contributed by atoms with Crippen molar-refractivity contribution in [2.45, 2.75) is 19.9 Å². The first-order valence-electron chi connectivity index (χ1n) is 9.55. The highest BCUT2D eigenvalue weighted by molar-refractivity contribution is 7.10. The van der Waals surface area contributed by atoms with Gasteiger partial charge in [0.25, 0.3) is 5.56 Å². The Labute approximate surface area is 185 Å². The van der Waals surface area contributed by atoms with Crippen molar-refractivity contribution < 1.29 is 19.4 Å². The number of aromatic hydroxyl groups is 1. The average molecular weight is 457 g/mol. The number of allylic oxidation sites excluding steroid dienone is 1. The topological polar surface area (TPSA) is 90.1 Å². The van der Waals surface area contributed by atoms with E-state index in [4.69, 9.17) is 9.47 Å². The summed E-state index contributed by atoms with van der Waals surface area (Å²) in [5.41, 5.74) is 1.04. The van der Waals surface area contributed by atoms with Gasteiger partial charge in [-0.1, -0.05) is 29.5 Å². The third kappa shape index (κ3) is 3.70. The Kier molecular flexibility index (Phi) is 5.79. The van der Waals surface area contributed by atoms with Gasteiger partial charge in [0.1, 0.15) is 6.04 Å². The summed E-state index contributed by atoms with van der Waals surface area (Å²) in [6.45, 7) is 3.72. The first kappa shape index (κ1) is 21.1. The first-order valence-corrected chi connectivity index (χ1v) is 11.2. The molecule has 0 amide bonds. The molecule has 0 fully saturated rings. The molecule has 1 atom stereocenters. The van der Waals surface area contributed by atoms with Crippen molar-refractivity contribution >= 4 is 34.7 Å². The number of hydrogen-bond acceptors (Lipinski definition) is 8. The molecule has 1 aromatic carbocycles. The van der Waals surface area contributed by atoms with E-state index in [9.17, 15) is 14.7 Å². The summed E-state index contributed by atoms with van der Waals surface area (Å²) < 4.78 is 12.3. The number of methoxy groups -OCH3 is 1. The number of thiazole rings is 1. The Bertz CT molecular complexity index is 1350. The molecule has 0 bridgehead atoms. The minimum atomic E-state index is -0.614. The van der Waals surface area contributed by atoms with Crippen molar-refractivity contribution in [3.05, 3.63) is 77.1 Å². The van der Waals surface area contributed by atoms with Gasteiger partial charge in [0.2, 0.25) is 0 Å².